The molecule has 0 saturated carbocycles. The van der Waals surface area contributed by atoms with E-state index < -0.39 is 172 Å². The van der Waals surface area contributed by atoms with E-state index in [4.69, 9.17) is 49.4 Å². The van der Waals surface area contributed by atoms with Crippen molar-refractivity contribution in [2.24, 2.45) is 0 Å². The van der Waals surface area contributed by atoms with Crippen molar-refractivity contribution in [1.29, 1.82) is 0 Å². The molecule has 0 N–H and O–H groups in total. The van der Waals surface area contributed by atoms with E-state index in [-0.39, 0.29) is 0 Å². The van der Waals surface area contributed by atoms with Crippen LogP contribution in [0.2, 0.25) is 60.5 Å². The molecule has 0 aromatic carbocycles. The molecule has 1 saturated heterocycles. The maximum atomic E-state index is 9.03. The first kappa shape index (κ1) is 72.1. The summed E-state index contributed by atoms with van der Waals surface area (Å²) < 4.78 is 90.5. The van der Waals surface area contributed by atoms with E-state index in [0.29, 0.717) is 0 Å². The molecule has 1 fully saturated rings. The standard InChI is InChI=1S/C48H120O12Si12/c1-37(2,3)67(38(4,5)6)54-65-52-63-50-61-49-62-51-64-53-66-55-68(39(7,8)9,40(10,11)12)57-70(43(19,20)21,44(22,23)24)59-72(47(31,32)33,48(34,35)36)60-71(45(25,26)27,46(28,29)30)58-69(56-67,41(13,14)15)42(16,17)18/h61-66H2,1-36H3. The van der Waals surface area contributed by atoms with Crippen LogP contribution >= 0.6 is 0 Å². The zero-order chi connectivity index (χ0) is 57.7. The van der Waals surface area contributed by atoms with E-state index in [0.717, 1.165) is 0 Å². The van der Waals surface area contributed by atoms with Gasteiger partial charge in [-0.2, -0.15) is 0 Å². The third-order valence-electron chi connectivity index (χ3n) is 14.6. The van der Waals surface area contributed by atoms with Crippen LogP contribution in [0.15, 0.2) is 0 Å². The predicted octanol–water partition coefficient (Wildman–Crippen LogP) is 12.4. The normalized spacial score (nSPS) is 25.5. The Hall–Kier alpha value is 2.12. The summed E-state index contributed by atoms with van der Waals surface area (Å²) >= 11 is 0. The minimum absolute atomic E-state index is 0.393. The molecule has 72 heavy (non-hydrogen) atoms. The molecule has 0 aromatic rings. The van der Waals surface area contributed by atoms with E-state index in [1.165, 1.54) is 0 Å². The highest BCUT2D eigenvalue weighted by Crippen LogP contribution is 2.69. The molecule has 1 heterocycles. The molecule has 0 aliphatic carbocycles. The SMILES string of the molecule is CC(C)(C)[Si]1(C(C)(C)C)O[SiH2]O[SiH2]O[SiH2]O[SiH2]O[SiH2]O[SiH2]O[Si](C(C)(C)C)(C(C)(C)C)O[Si](C(C)(C)C)(C(C)(C)C)O[Si](C(C)(C)C)(C(C)(C)C)O[Si](C(C)(C)C)(C(C)(C)C)O[Si](C(C)(C)C)(C(C)(C)C)O1. The zero-order valence-corrected chi connectivity index (χ0v) is 68.6. The van der Waals surface area contributed by atoms with Crippen LogP contribution in [0.5, 0.6) is 0 Å². The number of hydrogen-bond acceptors (Lipinski definition) is 12. The average molecular weight is 1230 g/mol. The molecule has 0 atom stereocenters. The molecule has 0 unspecified atom stereocenters. The van der Waals surface area contributed by atoms with Gasteiger partial charge < -0.3 is 49.4 Å². The molecule has 1 aliphatic rings. The molecule has 0 aromatic heterocycles. The van der Waals surface area contributed by atoms with Gasteiger partial charge >= 0.3 is 51.4 Å². The zero-order valence-electron chi connectivity index (χ0n) is 54.1. The summed E-state index contributed by atoms with van der Waals surface area (Å²) in [7, 11) is -30.3. The molecule has 1 aliphatic heterocycles. The van der Waals surface area contributed by atoms with Crippen LogP contribution in [0, 0.1) is 0 Å². The van der Waals surface area contributed by atoms with E-state index in [2.05, 4.69) is 249 Å². The minimum Gasteiger partial charge on any atom is -0.425 e. The Kier molecular flexibility index (Phi) is 23.2. The van der Waals surface area contributed by atoms with Gasteiger partial charge in [0.1, 0.15) is 0 Å². The van der Waals surface area contributed by atoms with Crippen LogP contribution < -0.4 is 0 Å². The Morgan fingerprint density at radius 1 is 0.167 bits per heavy atom. The van der Waals surface area contributed by atoms with Crippen molar-refractivity contribution in [3.8, 4) is 0 Å². The van der Waals surface area contributed by atoms with E-state index >= 15 is 0 Å². The van der Waals surface area contributed by atoms with Crippen LogP contribution in [0.25, 0.3) is 0 Å². The fourth-order valence-electron chi connectivity index (χ4n) is 12.5. The van der Waals surface area contributed by atoms with Crippen LogP contribution in [0.1, 0.15) is 249 Å². The summed E-state index contributed by atoms with van der Waals surface area (Å²) in [5.74, 6) is 0. The Morgan fingerprint density at radius 2 is 0.278 bits per heavy atom. The maximum Gasteiger partial charge on any atom is 0.331 e. The van der Waals surface area contributed by atoms with Gasteiger partial charge in [-0.3, -0.25) is 0 Å². The molecule has 24 heteroatoms. The molecule has 0 radical (unpaired) electrons. The molecule has 0 bridgehead atoms. The van der Waals surface area contributed by atoms with Gasteiger partial charge in [-0.15, -0.1) is 0 Å². The second-order valence-corrected chi connectivity index (χ2v) is 74.6. The summed E-state index contributed by atoms with van der Waals surface area (Å²) in [5.41, 5.74) is 0. The van der Waals surface area contributed by atoms with Crippen LogP contribution in [-0.2, 0) is 49.4 Å². The Bertz CT molecular complexity index is 1510. The summed E-state index contributed by atoms with van der Waals surface area (Å²) in [6.07, 6.45) is 0. The summed E-state index contributed by atoms with van der Waals surface area (Å²) in [4.78, 5) is 0. The first-order chi connectivity index (χ1) is 31.2. The van der Waals surface area contributed by atoms with Crippen molar-refractivity contribution >= 4 is 111 Å². The van der Waals surface area contributed by atoms with Gasteiger partial charge in [0.2, 0.25) is 0 Å². The van der Waals surface area contributed by atoms with Gasteiger partial charge in [-0.25, -0.2) is 0 Å². The molecule has 0 amide bonds. The van der Waals surface area contributed by atoms with Gasteiger partial charge in [0.25, 0.3) is 60.0 Å². The second-order valence-electron chi connectivity index (χ2n) is 33.2. The highest BCUT2D eigenvalue weighted by molar-refractivity contribution is 6.98. The lowest BCUT2D eigenvalue weighted by Crippen LogP contribution is -2.79. The van der Waals surface area contributed by atoms with Crippen LogP contribution in [-0.4, -0.2) is 111 Å². The third kappa shape index (κ3) is 14.6. The fraction of sp³-hybridized carbons (Fsp3) is 1.00. The first-order valence-corrected chi connectivity index (χ1v) is 44.7. The molecule has 432 valence electrons. The van der Waals surface area contributed by atoms with Gasteiger partial charge in [-0.05, 0) is 0 Å². The molecular weight excluding hydrogens is 1110 g/mol. The highest BCUT2D eigenvalue weighted by atomic mass is 28.5. The van der Waals surface area contributed by atoms with Crippen molar-refractivity contribution < 1.29 is 49.4 Å². The quantitative estimate of drug-likeness (QED) is 0.215. The maximum absolute atomic E-state index is 9.03. The molecular formula is C48H120O12Si12. The van der Waals surface area contributed by atoms with E-state index in [1.54, 1.807) is 0 Å². The number of rotatable bonds is 0. The fourth-order valence-corrected chi connectivity index (χ4v) is 80.2. The summed E-state index contributed by atoms with van der Waals surface area (Å²) in [5, 5.41) is -5.56. The first-order valence-electron chi connectivity index (χ1n) is 26.9. The van der Waals surface area contributed by atoms with Crippen molar-refractivity contribution in [2.45, 2.75) is 310 Å². The molecule has 1 rings (SSSR count). The van der Waals surface area contributed by atoms with Crippen molar-refractivity contribution in [3.05, 3.63) is 0 Å². The number of hydrogen-bond donors (Lipinski definition) is 0. The Morgan fingerprint density at radius 3 is 0.403 bits per heavy atom. The Balaban J connectivity index is 5.27. The van der Waals surface area contributed by atoms with Crippen molar-refractivity contribution in [3.63, 3.8) is 0 Å². The summed E-state index contributed by atoms with van der Waals surface area (Å²) in [6.45, 7) is 84.1. The lowest BCUT2D eigenvalue weighted by atomic mass is 10.2. The van der Waals surface area contributed by atoms with Gasteiger partial charge in [0, 0.05) is 60.5 Å². The summed E-state index contributed by atoms with van der Waals surface area (Å²) in [6, 6.07) is 0. The van der Waals surface area contributed by atoms with Gasteiger partial charge in [0.05, 0.1) is 0 Å². The average Bonchev–Trinajstić information content (AvgIpc) is 3.07. The largest absolute Gasteiger partial charge is 0.425 e. The van der Waals surface area contributed by atoms with Gasteiger partial charge in [-0.1, -0.05) is 249 Å². The second kappa shape index (κ2) is 23.2. The van der Waals surface area contributed by atoms with Gasteiger partial charge in [0.15, 0.2) is 0 Å². The van der Waals surface area contributed by atoms with Crippen molar-refractivity contribution in [1.82, 2.24) is 0 Å². The van der Waals surface area contributed by atoms with E-state index in [1.807, 2.05) is 0 Å². The third-order valence-corrected chi connectivity index (χ3v) is 60.7. The molecule has 0 spiro atoms. The topological polar surface area (TPSA) is 111 Å². The van der Waals surface area contributed by atoms with Crippen molar-refractivity contribution in [2.75, 3.05) is 0 Å². The monoisotopic (exact) mass is 1220 g/mol. The van der Waals surface area contributed by atoms with E-state index in [9.17, 15) is 0 Å². The lowest BCUT2D eigenvalue weighted by Gasteiger charge is -2.67. The predicted molar refractivity (Wildman–Crippen MR) is 335 cm³/mol. The lowest BCUT2D eigenvalue weighted by molar-refractivity contribution is 0.140. The molecule has 12 nitrogen and oxygen atoms in total. The minimum atomic E-state index is -3.82. The van der Waals surface area contributed by atoms with Crippen LogP contribution in [0.4, 0.5) is 0 Å². The Labute approximate surface area is 467 Å². The smallest absolute Gasteiger partial charge is 0.331 e. The highest BCUT2D eigenvalue weighted by Gasteiger charge is 2.78. The van der Waals surface area contributed by atoms with Crippen LogP contribution in [0.3, 0.4) is 0 Å².